The van der Waals surface area contributed by atoms with E-state index in [9.17, 15) is 26.3 Å². The van der Waals surface area contributed by atoms with Crippen molar-refractivity contribution in [3.05, 3.63) is 53.9 Å². The molecule has 0 atom stereocenters. The zero-order chi connectivity index (χ0) is 21.0. The van der Waals surface area contributed by atoms with E-state index in [1.54, 1.807) is 12.1 Å². The molecule has 0 spiro atoms. The molecule has 0 fully saturated rings. The molecule has 12 heteroatoms. The van der Waals surface area contributed by atoms with E-state index in [1.165, 1.54) is 6.26 Å². The van der Waals surface area contributed by atoms with Gasteiger partial charge in [0.05, 0.1) is 29.3 Å². The lowest BCUT2D eigenvalue weighted by Crippen LogP contribution is -2.11. The second-order valence-corrected chi connectivity index (χ2v) is 5.99. The Morgan fingerprint density at radius 3 is 2.14 bits per heavy atom. The summed E-state index contributed by atoms with van der Waals surface area (Å²) in [6.07, 6.45) is -7.44. The third-order valence-electron chi connectivity index (χ3n) is 3.97. The molecule has 4 aromatic rings. The summed E-state index contributed by atoms with van der Waals surface area (Å²) in [6.45, 7) is 0. The van der Waals surface area contributed by atoms with E-state index in [1.807, 2.05) is 0 Å². The number of halogens is 6. The summed E-state index contributed by atoms with van der Waals surface area (Å²) < 4.78 is 84.8. The Labute approximate surface area is 157 Å². The van der Waals surface area contributed by atoms with Crippen LogP contribution in [0.1, 0.15) is 11.1 Å². The second kappa shape index (κ2) is 6.22. The summed E-state index contributed by atoms with van der Waals surface area (Å²) in [6, 6.07) is 4.33. The lowest BCUT2D eigenvalue weighted by atomic mass is 10.0. The van der Waals surface area contributed by atoms with Crippen LogP contribution in [0, 0.1) is 0 Å². The van der Waals surface area contributed by atoms with E-state index in [4.69, 9.17) is 10.2 Å². The van der Waals surface area contributed by atoms with Gasteiger partial charge >= 0.3 is 12.4 Å². The topological polar surface area (TPSA) is 82.2 Å². The van der Waals surface area contributed by atoms with Gasteiger partial charge in [-0.2, -0.15) is 26.3 Å². The molecule has 29 heavy (non-hydrogen) atoms. The van der Waals surface area contributed by atoms with Crippen molar-refractivity contribution in [1.82, 2.24) is 19.6 Å². The van der Waals surface area contributed by atoms with Gasteiger partial charge in [0.2, 0.25) is 5.82 Å². The molecule has 4 rings (SSSR count). The normalized spacial score (nSPS) is 12.6. The number of rotatable bonds is 2. The van der Waals surface area contributed by atoms with Crippen LogP contribution in [-0.2, 0) is 12.4 Å². The van der Waals surface area contributed by atoms with E-state index < -0.39 is 29.0 Å². The number of hydrogen-bond acceptors (Lipinski definition) is 5. The van der Waals surface area contributed by atoms with Gasteiger partial charge in [0.25, 0.3) is 0 Å². The third kappa shape index (κ3) is 3.48. The van der Waals surface area contributed by atoms with Crippen molar-refractivity contribution >= 4 is 11.5 Å². The number of furan rings is 1. The minimum Gasteiger partial charge on any atom is -0.461 e. The molecule has 150 valence electrons. The molecule has 2 N–H and O–H groups in total. The van der Waals surface area contributed by atoms with Crippen molar-refractivity contribution in [2.24, 2.45) is 0 Å². The van der Waals surface area contributed by atoms with E-state index in [2.05, 4.69) is 15.1 Å². The Morgan fingerprint density at radius 2 is 1.59 bits per heavy atom. The van der Waals surface area contributed by atoms with Gasteiger partial charge in [-0.15, -0.1) is 5.10 Å². The number of hydrogen-bond donors (Lipinski definition) is 1. The lowest BCUT2D eigenvalue weighted by molar-refractivity contribution is -0.143. The molecule has 0 unspecified atom stereocenters. The fourth-order valence-electron chi connectivity index (χ4n) is 2.66. The molecule has 0 aliphatic heterocycles. The van der Waals surface area contributed by atoms with E-state index >= 15 is 0 Å². The number of nitrogen functional groups attached to an aromatic ring is 1. The van der Waals surface area contributed by atoms with Crippen LogP contribution >= 0.6 is 0 Å². The Balaban J connectivity index is 1.90. The van der Waals surface area contributed by atoms with Crippen LogP contribution in [0.5, 0.6) is 0 Å². The van der Waals surface area contributed by atoms with Gasteiger partial charge in [0, 0.05) is 5.56 Å². The summed E-state index contributed by atoms with van der Waals surface area (Å²) >= 11 is 0. The molecule has 0 bridgehead atoms. The van der Waals surface area contributed by atoms with Crippen molar-refractivity contribution in [3.63, 3.8) is 0 Å². The molecule has 3 aromatic heterocycles. The Kier molecular flexibility index (Phi) is 4.03. The van der Waals surface area contributed by atoms with Gasteiger partial charge in [-0.25, -0.2) is 14.5 Å². The highest BCUT2D eigenvalue weighted by Crippen LogP contribution is 2.38. The molecular weight excluding hydrogens is 404 g/mol. The van der Waals surface area contributed by atoms with Gasteiger partial charge in [0.15, 0.2) is 17.2 Å². The van der Waals surface area contributed by atoms with Gasteiger partial charge in [0.1, 0.15) is 0 Å². The van der Waals surface area contributed by atoms with Crippen LogP contribution in [-0.4, -0.2) is 19.6 Å². The summed E-state index contributed by atoms with van der Waals surface area (Å²) in [5, 5.41) is 4.09. The highest BCUT2D eigenvalue weighted by molar-refractivity contribution is 5.69. The second-order valence-electron chi connectivity index (χ2n) is 5.99. The van der Waals surface area contributed by atoms with Gasteiger partial charge < -0.3 is 10.2 Å². The zero-order valence-electron chi connectivity index (χ0n) is 14.1. The number of anilines is 1. The molecule has 0 aliphatic carbocycles. The standard InChI is InChI=1S/C17H9F6N5O/c18-16(19,20)9-4-8(5-10(6-9)17(21,22)23)11-7-28-15(13(24)25-11)26-14(27-28)12-2-1-3-29-12/h1-7H,(H2,24,25). The minimum atomic E-state index is -4.98. The number of benzene rings is 1. The number of alkyl halides is 6. The first-order chi connectivity index (χ1) is 13.5. The van der Waals surface area contributed by atoms with Crippen LogP contribution in [0.25, 0.3) is 28.5 Å². The number of nitrogens with zero attached hydrogens (tertiary/aromatic N) is 4. The summed E-state index contributed by atoms with van der Waals surface area (Å²) in [7, 11) is 0. The van der Waals surface area contributed by atoms with Crippen LogP contribution in [0.2, 0.25) is 0 Å². The van der Waals surface area contributed by atoms with Crippen molar-refractivity contribution in [3.8, 4) is 22.8 Å². The average Bonchev–Trinajstić information content (AvgIpc) is 3.29. The average molecular weight is 413 g/mol. The minimum absolute atomic E-state index is 0.0376. The van der Waals surface area contributed by atoms with E-state index in [0.29, 0.717) is 17.9 Å². The molecule has 3 heterocycles. The van der Waals surface area contributed by atoms with E-state index in [0.717, 1.165) is 10.7 Å². The molecule has 0 radical (unpaired) electrons. The maximum atomic E-state index is 13.1. The van der Waals surface area contributed by atoms with Crippen LogP contribution < -0.4 is 5.73 Å². The highest BCUT2D eigenvalue weighted by atomic mass is 19.4. The van der Waals surface area contributed by atoms with Crippen molar-refractivity contribution in [2.75, 3.05) is 5.73 Å². The number of fused-ring (bicyclic) bond motifs is 1. The third-order valence-corrected chi connectivity index (χ3v) is 3.97. The monoisotopic (exact) mass is 413 g/mol. The fraction of sp³-hybridized carbons (Fsp3) is 0.118. The predicted molar refractivity (Wildman–Crippen MR) is 88.3 cm³/mol. The quantitative estimate of drug-likeness (QED) is 0.483. The van der Waals surface area contributed by atoms with Gasteiger partial charge in [-0.1, -0.05) is 0 Å². The van der Waals surface area contributed by atoms with E-state index in [-0.39, 0.29) is 29.0 Å². The van der Waals surface area contributed by atoms with Gasteiger partial charge in [-0.3, -0.25) is 0 Å². The van der Waals surface area contributed by atoms with Crippen LogP contribution in [0.15, 0.2) is 47.2 Å². The van der Waals surface area contributed by atoms with Crippen molar-refractivity contribution in [2.45, 2.75) is 12.4 Å². The SMILES string of the molecule is Nc1nc(-c2cc(C(F)(F)F)cc(C(F)(F)F)c2)cn2nc(-c3ccco3)nc12. The molecule has 0 saturated carbocycles. The summed E-state index contributed by atoms with van der Waals surface area (Å²) in [5.41, 5.74) is 2.30. The molecule has 1 aromatic carbocycles. The Morgan fingerprint density at radius 1 is 0.931 bits per heavy atom. The lowest BCUT2D eigenvalue weighted by Gasteiger charge is -2.14. The smallest absolute Gasteiger partial charge is 0.416 e. The molecule has 0 saturated heterocycles. The molecule has 0 amide bonds. The Hall–Kier alpha value is -3.57. The first-order valence-corrected chi connectivity index (χ1v) is 7.89. The zero-order valence-corrected chi connectivity index (χ0v) is 14.1. The van der Waals surface area contributed by atoms with Crippen molar-refractivity contribution < 1.29 is 30.8 Å². The molecule has 6 nitrogen and oxygen atoms in total. The first-order valence-electron chi connectivity index (χ1n) is 7.89. The Bertz CT molecular complexity index is 1160. The van der Waals surface area contributed by atoms with Gasteiger partial charge in [-0.05, 0) is 30.3 Å². The summed E-state index contributed by atoms with van der Waals surface area (Å²) in [4.78, 5) is 8.02. The molecular formula is C17H9F6N5O. The number of aromatic nitrogens is 4. The maximum Gasteiger partial charge on any atom is 0.416 e. The number of nitrogens with two attached hydrogens (primary N) is 1. The highest BCUT2D eigenvalue weighted by Gasteiger charge is 2.37. The maximum absolute atomic E-state index is 13.1. The van der Waals surface area contributed by atoms with Crippen molar-refractivity contribution in [1.29, 1.82) is 0 Å². The first kappa shape index (κ1) is 18.8. The largest absolute Gasteiger partial charge is 0.461 e. The van der Waals surface area contributed by atoms with Crippen LogP contribution in [0.3, 0.4) is 0 Å². The fourth-order valence-corrected chi connectivity index (χ4v) is 2.66. The summed E-state index contributed by atoms with van der Waals surface area (Å²) in [5.74, 6) is 0.201. The molecule has 0 aliphatic rings. The predicted octanol–water partition coefficient (Wildman–Crippen LogP) is 4.67. The van der Waals surface area contributed by atoms with Crippen LogP contribution in [0.4, 0.5) is 32.2 Å².